The number of nitrogens with zero attached hydrogens (tertiary/aromatic N) is 2. The molecule has 1 rings (SSSR count). The third-order valence-electron chi connectivity index (χ3n) is 2.04. The van der Waals surface area contributed by atoms with E-state index in [1.165, 1.54) is 0 Å². The van der Waals surface area contributed by atoms with Crippen LogP contribution in [0.1, 0.15) is 36.6 Å². The highest BCUT2D eigenvalue weighted by molar-refractivity contribution is 5.65. The monoisotopic (exact) mass is 212 g/mol. The molecular weight excluding hydrogens is 196 g/mol. The molecule has 0 bridgehead atoms. The molecule has 0 N–H and O–H groups in total. The highest BCUT2D eigenvalue weighted by Gasteiger charge is 2.05. The van der Waals surface area contributed by atoms with Crippen molar-refractivity contribution in [3.63, 3.8) is 0 Å². The lowest BCUT2D eigenvalue weighted by Crippen LogP contribution is -1.99. The summed E-state index contributed by atoms with van der Waals surface area (Å²) >= 11 is 0. The topological polar surface area (TPSA) is 25.8 Å². The zero-order valence-electron chi connectivity index (χ0n) is 9.77. The molecule has 16 heavy (non-hydrogen) atoms. The largest absolute Gasteiger partial charge is 0.245 e. The summed E-state index contributed by atoms with van der Waals surface area (Å²) in [5, 5.41) is 0. The lowest BCUT2D eigenvalue weighted by molar-refractivity contribution is 1.12. The molecule has 82 valence electrons. The Morgan fingerprint density at radius 3 is 1.38 bits per heavy atom. The van der Waals surface area contributed by atoms with E-state index < -0.39 is 0 Å². The van der Waals surface area contributed by atoms with Crippen molar-refractivity contribution < 1.29 is 0 Å². The average molecular weight is 212 g/mol. The van der Waals surface area contributed by atoms with Crippen LogP contribution in [0, 0.1) is 0 Å². The van der Waals surface area contributed by atoms with Crippen LogP contribution in [0.3, 0.4) is 0 Å². The predicted octanol–water partition coefficient (Wildman–Crippen LogP) is 3.83. The van der Waals surface area contributed by atoms with E-state index in [9.17, 15) is 0 Å². The SMILES string of the molecule is C=Cc1nc(/C=C\C)c(/C=C\C)nc1C=C. The molecule has 1 heterocycles. The molecule has 2 nitrogen and oxygen atoms in total. The van der Waals surface area contributed by atoms with E-state index in [0.29, 0.717) is 0 Å². The molecule has 0 aliphatic rings. The minimum absolute atomic E-state index is 0.761. The van der Waals surface area contributed by atoms with Crippen LogP contribution < -0.4 is 0 Å². The maximum Gasteiger partial charge on any atom is 0.0891 e. The van der Waals surface area contributed by atoms with Gasteiger partial charge in [0.15, 0.2) is 0 Å². The molecule has 0 aliphatic carbocycles. The molecule has 0 fully saturated rings. The van der Waals surface area contributed by atoms with Crippen LogP contribution in [0.2, 0.25) is 0 Å². The molecule has 2 heteroatoms. The fourth-order valence-corrected chi connectivity index (χ4v) is 1.35. The molecule has 0 unspecified atom stereocenters. The fraction of sp³-hybridized carbons (Fsp3) is 0.143. The third-order valence-corrected chi connectivity index (χ3v) is 2.04. The van der Waals surface area contributed by atoms with Crippen molar-refractivity contribution in [2.45, 2.75) is 13.8 Å². The second-order valence-corrected chi connectivity index (χ2v) is 3.17. The Bertz CT molecular complexity index is 411. The van der Waals surface area contributed by atoms with Gasteiger partial charge < -0.3 is 0 Å². The molecule has 0 amide bonds. The summed E-state index contributed by atoms with van der Waals surface area (Å²) in [6, 6.07) is 0. The Morgan fingerprint density at radius 2 is 1.12 bits per heavy atom. The molecule has 0 atom stereocenters. The number of hydrogen-bond acceptors (Lipinski definition) is 2. The Kier molecular flexibility index (Phi) is 4.40. The fourth-order valence-electron chi connectivity index (χ4n) is 1.35. The Morgan fingerprint density at radius 1 is 0.750 bits per heavy atom. The number of aromatic nitrogens is 2. The third kappa shape index (κ3) is 2.54. The first-order chi connectivity index (χ1) is 7.76. The molecule has 0 aromatic carbocycles. The van der Waals surface area contributed by atoms with Crippen molar-refractivity contribution in [1.29, 1.82) is 0 Å². The van der Waals surface area contributed by atoms with E-state index >= 15 is 0 Å². The van der Waals surface area contributed by atoms with Gasteiger partial charge in [-0.15, -0.1) is 0 Å². The van der Waals surface area contributed by atoms with E-state index in [1.807, 2.05) is 38.2 Å². The molecule has 0 saturated carbocycles. The maximum absolute atomic E-state index is 4.48. The van der Waals surface area contributed by atoms with E-state index in [1.54, 1.807) is 12.2 Å². The van der Waals surface area contributed by atoms with Crippen LogP contribution in [-0.4, -0.2) is 9.97 Å². The van der Waals surface area contributed by atoms with E-state index in [-0.39, 0.29) is 0 Å². The quantitative estimate of drug-likeness (QED) is 0.758. The van der Waals surface area contributed by atoms with Gasteiger partial charge in [0.05, 0.1) is 22.8 Å². The molecule has 0 saturated heterocycles. The number of allylic oxidation sites excluding steroid dienone is 2. The molecule has 0 spiro atoms. The van der Waals surface area contributed by atoms with Crippen molar-refractivity contribution in [2.24, 2.45) is 0 Å². The van der Waals surface area contributed by atoms with Gasteiger partial charge in [0.25, 0.3) is 0 Å². The Hall–Kier alpha value is -1.96. The Labute approximate surface area is 96.8 Å². The summed E-state index contributed by atoms with van der Waals surface area (Å²) in [6.45, 7) is 11.4. The smallest absolute Gasteiger partial charge is 0.0891 e. The van der Waals surface area contributed by atoms with Crippen molar-refractivity contribution in [3.05, 3.63) is 48.1 Å². The first kappa shape index (κ1) is 12.1. The van der Waals surface area contributed by atoms with Crippen LogP contribution in [0.5, 0.6) is 0 Å². The van der Waals surface area contributed by atoms with Gasteiger partial charge in [0.1, 0.15) is 0 Å². The van der Waals surface area contributed by atoms with Crippen molar-refractivity contribution in [3.8, 4) is 0 Å². The summed E-state index contributed by atoms with van der Waals surface area (Å²) in [7, 11) is 0. The van der Waals surface area contributed by atoms with Crippen LogP contribution in [0.15, 0.2) is 25.3 Å². The standard InChI is InChI=1S/C14H16N2/c1-5-9-13-14(10-6-2)16-12(8-4)11(7-3)15-13/h5-10H,3-4H2,1-2H3/b9-5-,10-6-. The van der Waals surface area contributed by atoms with Crippen molar-refractivity contribution in [1.82, 2.24) is 9.97 Å². The molecule has 0 radical (unpaired) electrons. The zero-order valence-corrected chi connectivity index (χ0v) is 9.77. The summed E-state index contributed by atoms with van der Waals surface area (Å²) in [4.78, 5) is 8.96. The highest BCUT2D eigenvalue weighted by Crippen LogP contribution is 2.14. The van der Waals surface area contributed by atoms with Gasteiger partial charge in [0, 0.05) is 0 Å². The van der Waals surface area contributed by atoms with Gasteiger partial charge in [-0.3, -0.25) is 0 Å². The minimum atomic E-state index is 0.761. The predicted molar refractivity (Wildman–Crippen MR) is 71.6 cm³/mol. The normalized spacial score (nSPS) is 11.1. The first-order valence-corrected chi connectivity index (χ1v) is 5.19. The summed E-state index contributed by atoms with van der Waals surface area (Å²) in [6.07, 6.45) is 11.1. The van der Waals surface area contributed by atoms with Crippen molar-refractivity contribution >= 4 is 24.3 Å². The zero-order chi connectivity index (χ0) is 12.0. The van der Waals surface area contributed by atoms with E-state index in [4.69, 9.17) is 0 Å². The second kappa shape index (κ2) is 5.81. The number of hydrogen-bond donors (Lipinski definition) is 0. The first-order valence-electron chi connectivity index (χ1n) is 5.19. The van der Waals surface area contributed by atoms with E-state index in [2.05, 4.69) is 23.1 Å². The lowest BCUT2D eigenvalue weighted by atomic mass is 10.2. The van der Waals surface area contributed by atoms with Gasteiger partial charge in [-0.25, -0.2) is 9.97 Å². The lowest BCUT2D eigenvalue weighted by Gasteiger charge is -2.05. The van der Waals surface area contributed by atoms with Crippen LogP contribution in [0.4, 0.5) is 0 Å². The second-order valence-electron chi connectivity index (χ2n) is 3.17. The number of rotatable bonds is 4. The minimum Gasteiger partial charge on any atom is -0.245 e. The van der Waals surface area contributed by atoms with E-state index in [0.717, 1.165) is 22.8 Å². The maximum atomic E-state index is 4.48. The Balaban J connectivity index is 3.46. The molecule has 1 aromatic heterocycles. The van der Waals surface area contributed by atoms with Gasteiger partial charge in [-0.2, -0.15) is 0 Å². The van der Waals surface area contributed by atoms with Gasteiger partial charge in [-0.1, -0.05) is 25.3 Å². The van der Waals surface area contributed by atoms with Crippen LogP contribution in [-0.2, 0) is 0 Å². The van der Waals surface area contributed by atoms with Crippen LogP contribution >= 0.6 is 0 Å². The van der Waals surface area contributed by atoms with Crippen molar-refractivity contribution in [2.75, 3.05) is 0 Å². The molecule has 0 aliphatic heterocycles. The van der Waals surface area contributed by atoms with Gasteiger partial charge in [-0.05, 0) is 38.2 Å². The average Bonchev–Trinajstić information content (AvgIpc) is 2.31. The summed E-state index contributed by atoms with van der Waals surface area (Å²) in [5.74, 6) is 0. The molecular formula is C14H16N2. The summed E-state index contributed by atoms with van der Waals surface area (Å²) in [5.41, 5.74) is 3.22. The van der Waals surface area contributed by atoms with Crippen LogP contribution in [0.25, 0.3) is 24.3 Å². The summed E-state index contributed by atoms with van der Waals surface area (Å²) < 4.78 is 0. The van der Waals surface area contributed by atoms with Gasteiger partial charge in [0.2, 0.25) is 0 Å². The van der Waals surface area contributed by atoms with Gasteiger partial charge >= 0.3 is 0 Å². The molecule has 1 aromatic rings. The highest BCUT2D eigenvalue weighted by atomic mass is 14.8.